The topological polar surface area (TPSA) is 79.7 Å². The van der Waals surface area contributed by atoms with E-state index in [1.165, 1.54) is 42.6 Å². The van der Waals surface area contributed by atoms with Gasteiger partial charge in [-0.15, -0.1) is 11.3 Å². The van der Waals surface area contributed by atoms with E-state index in [1.54, 1.807) is 23.6 Å². The van der Waals surface area contributed by atoms with Crippen LogP contribution in [0.3, 0.4) is 0 Å². The predicted molar refractivity (Wildman–Crippen MR) is 101 cm³/mol. The first-order chi connectivity index (χ1) is 13.0. The van der Waals surface area contributed by atoms with E-state index in [0.29, 0.717) is 5.75 Å². The molecule has 1 aromatic heterocycles. The molecule has 0 bridgehead atoms. The average molecular weight is 408 g/mol. The van der Waals surface area contributed by atoms with Crippen LogP contribution >= 0.6 is 11.3 Å². The number of hydrogen-bond donors (Lipinski definition) is 1. The Morgan fingerprint density at radius 1 is 1.15 bits per heavy atom. The third-order valence-corrected chi connectivity index (χ3v) is 6.28. The van der Waals surface area contributed by atoms with Crippen molar-refractivity contribution >= 4 is 26.5 Å². The highest BCUT2D eigenvalue weighted by atomic mass is 32.2. The van der Waals surface area contributed by atoms with Crippen LogP contribution in [-0.2, 0) is 10.0 Å². The molecular weight excluding hydrogens is 391 g/mol. The first-order valence-corrected chi connectivity index (χ1v) is 10.3. The van der Waals surface area contributed by atoms with Crippen LogP contribution in [0.1, 0.15) is 0 Å². The highest BCUT2D eigenvalue weighted by Gasteiger charge is 2.29. The van der Waals surface area contributed by atoms with E-state index in [-0.39, 0.29) is 23.2 Å². The maximum Gasteiger partial charge on any atom is 0.266 e. The van der Waals surface area contributed by atoms with Gasteiger partial charge in [0.1, 0.15) is 24.3 Å². The Hall–Kier alpha value is -2.49. The minimum atomic E-state index is -3.89. The second-order valence-electron chi connectivity index (χ2n) is 5.58. The van der Waals surface area contributed by atoms with Crippen LogP contribution in [0.5, 0.6) is 5.75 Å². The lowest BCUT2D eigenvalue weighted by atomic mass is 10.3. The van der Waals surface area contributed by atoms with E-state index in [0.717, 1.165) is 15.6 Å². The summed E-state index contributed by atoms with van der Waals surface area (Å²) in [6.07, 6.45) is 0.381. The number of rotatable bonds is 8. The lowest BCUT2D eigenvalue weighted by Gasteiger charge is -2.24. The van der Waals surface area contributed by atoms with Crippen LogP contribution in [0, 0.1) is 5.82 Å². The molecule has 27 heavy (non-hydrogen) atoms. The van der Waals surface area contributed by atoms with Gasteiger partial charge in [0.25, 0.3) is 10.0 Å². The van der Waals surface area contributed by atoms with Gasteiger partial charge in [0, 0.05) is 11.6 Å². The Morgan fingerprint density at radius 3 is 2.48 bits per heavy atom. The predicted octanol–water partition coefficient (Wildman–Crippen LogP) is 2.92. The molecule has 3 aromatic rings. The number of ether oxygens (including phenoxy) is 1. The number of hydrogen-bond acceptors (Lipinski definition) is 6. The summed E-state index contributed by atoms with van der Waals surface area (Å²) in [5, 5.41) is 12.2. The molecule has 142 valence electrons. The van der Waals surface area contributed by atoms with Gasteiger partial charge in [0.05, 0.1) is 11.4 Å². The lowest BCUT2D eigenvalue weighted by Crippen LogP contribution is -2.39. The first kappa shape index (κ1) is 19.3. The highest BCUT2D eigenvalue weighted by Crippen LogP contribution is 2.26. The Balaban J connectivity index is 1.75. The molecule has 0 saturated carbocycles. The fraction of sp³-hybridized carbons (Fsp3) is 0.167. The summed E-state index contributed by atoms with van der Waals surface area (Å²) in [7, 11) is -3.89. The molecule has 1 heterocycles. The van der Waals surface area contributed by atoms with E-state index >= 15 is 0 Å². The van der Waals surface area contributed by atoms with Gasteiger partial charge in [0.2, 0.25) is 0 Å². The maximum absolute atomic E-state index is 13.0. The standard InChI is InChI=1S/C18H17FN2O4S2/c19-14-6-8-16(9-7-14)25-13-15(22)12-21(18-20-10-11-26-18)27(23,24)17-4-2-1-3-5-17/h1-11,15,22H,12-13H2. The monoisotopic (exact) mass is 408 g/mol. The Kier molecular flexibility index (Phi) is 6.04. The van der Waals surface area contributed by atoms with E-state index in [1.807, 2.05) is 0 Å². The molecule has 0 aliphatic heterocycles. The molecule has 0 amide bonds. The SMILES string of the molecule is O=S(=O)(c1ccccc1)N(CC(O)COc1ccc(F)cc1)c1nccs1. The number of aromatic nitrogens is 1. The van der Waals surface area contributed by atoms with Gasteiger partial charge in [-0.3, -0.25) is 0 Å². The molecule has 0 aliphatic carbocycles. The van der Waals surface area contributed by atoms with Crippen LogP contribution in [0.25, 0.3) is 0 Å². The summed E-state index contributed by atoms with van der Waals surface area (Å²) in [5.74, 6) is -0.0195. The number of anilines is 1. The van der Waals surface area contributed by atoms with Gasteiger partial charge < -0.3 is 9.84 Å². The molecule has 1 atom stereocenters. The molecule has 0 saturated heterocycles. The van der Waals surface area contributed by atoms with Gasteiger partial charge in [-0.25, -0.2) is 22.1 Å². The summed E-state index contributed by atoms with van der Waals surface area (Å²) in [4.78, 5) is 4.16. The van der Waals surface area contributed by atoms with Crippen molar-refractivity contribution in [1.82, 2.24) is 4.98 Å². The van der Waals surface area contributed by atoms with Crippen molar-refractivity contribution in [3.8, 4) is 5.75 Å². The molecule has 0 spiro atoms. The molecule has 1 N–H and O–H groups in total. The van der Waals surface area contributed by atoms with Crippen LogP contribution < -0.4 is 9.04 Å². The van der Waals surface area contributed by atoms with E-state index < -0.39 is 21.9 Å². The second-order valence-corrected chi connectivity index (χ2v) is 8.32. The molecule has 6 nitrogen and oxygen atoms in total. The number of nitrogens with zero attached hydrogens (tertiary/aromatic N) is 2. The van der Waals surface area contributed by atoms with Gasteiger partial charge in [-0.1, -0.05) is 18.2 Å². The maximum atomic E-state index is 13.0. The fourth-order valence-corrected chi connectivity index (χ4v) is 4.66. The number of aliphatic hydroxyl groups is 1. The minimum absolute atomic E-state index is 0.104. The smallest absolute Gasteiger partial charge is 0.266 e. The normalized spacial score (nSPS) is 12.5. The summed E-state index contributed by atoms with van der Waals surface area (Å²) < 4.78 is 45.3. The molecule has 2 aromatic carbocycles. The molecule has 0 aliphatic rings. The van der Waals surface area contributed by atoms with E-state index in [4.69, 9.17) is 4.74 Å². The number of thiazole rings is 1. The van der Waals surface area contributed by atoms with Crippen molar-refractivity contribution in [2.45, 2.75) is 11.0 Å². The zero-order valence-electron chi connectivity index (χ0n) is 14.1. The fourth-order valence-electron chi connectivity index (χ4n) is 2.31. The number of aliphatic hydroxyl groups excluding tert-OH is 1. The summed E-state index contributed by atoms with van der Waals surface area (Å²) in [5.41, 5.74) is 0. The largest absolute Gasteiger partial charge is 0.491 e. The quantitative estimate of drug-likeness (QED) is 0.620. The second kappa shape index (κ2) is 8.47. The van der Waals surface area contributed by atoms with E-state index in [2.05, 4.69) is 4.98 Å². The van der Waals surface area contributed by atoms with Crippen molar-refractivity contribution < 1.29 is 22.7 Å². The van der Waals surface area contributed by atoms with E-state index in [9.17, 15) is 17.9 Å². The average Bonchev–Trinajstić information content (AvgIpc) is 3.20. The third-order valence-electron chi connectivity index (χ3n) is 3.60. The van der Waals surface area contributed by atoms with Crippen LogP contribution in [0.15, 0.2) is 71.1 Å². The number of sulfonamides is 1. The zero-order chi connectivity index (χ0) is 19.3. The molecule has 3 rings (SSSR count). The van der Waals surface area contributed by atoms with Gasteiger partial charge in [0.15, 0.2) is 5.13 Å². The number of halogens is 1. The Bertz CT molecular complexity index is 949. The van der Waals surface area contributed by atoms with Crippen molar-refractivity contribution in [3.63, 3.8) is 0 Å². The summed E-state index contributed by atoms with van der Waals surface area (Å²) in [6.45, 7) is -0.385. The summed E-state index contributed by atoms with van der Waals surface area (Å²) >= 11 is 1.15. The van der Waals surface area contributed by atoms with Crippen molar-refractivity contribution in [1.29, 1.82) is 0 Å². The van der Waals surface area contributed by atoms with Gasteiger partial charge in [-0.2, -0.15) is 0 Å². The molecule has 1 unspecified atom stereocenters. The van der Waals surface area contributed by atoms with Gasteiger partial charge >= 0.3 is 0 Å². The minimum Gasteiger partial charge on any atom is -0.491 e. The third kappa shape index (κ3) is 4.82. The lowest BCUT2D eigenvalue weighted by molar-refractivity contribution is 0.115. The van der Waals surface area contributed by atoms with Crippen LogP contribution in [-0.4, -0.2) is 37.8 Å². The number of benzene rings is 2. The summed E-state index contributed by atoms with van der Waals surface area (Å²) in [6, 6.07) is 13.3. The molecule has 0 radical (unpaired) electrons. The Labute approximate surface area is 160 Å². The van der Waals surface area contributed by atoms with Crippen LogP contribution in [0.2, 0.25) is 0 Å². The molecular formula is C18H17FN2O4S2. The zero-order valence-corrected chi connectivity index (χ0v) is 15.7. The molecule has 0 fully saturated rings. The first-order valence-electron chi connectivity index (χ1n) is 8.00. The van der Waals surface area contributed by atoms with Crippen molar-refractivity contribution in [3.05, 3.63) is 72.0 Å². The molecule has 9 heteroatoms. The highest BCUT2D eigenvalue weighted by molar-refractivity contribution is 7.93. The Morgan fingerprint density at radius 2 is 1.85 bits per heavy atom. The van der Waals surface area contributed by atoms with Crippen molar-refractivity contribution in [2.75, 3.05) is 17.5 Å². The van der Waals surface area contributed by atoms with Crippen molar-refractivity contribution in [2.24, 2.45) is 0 Å². The van der Waals surface area contributed by atoms with Crippen LogP contribution in [0.4, 0.5) is 9.52 Å². The van der Waals surface area contributed by atoms with Gasteiger partial charge in [-0.05, 0) is 36.4 Å².